The highest BCUT2D eigenvalue weighted by molar-refractivity contribution is 6.36. The molecule has 0 aliphatic carbocycles. The summed E-state index contributed by atoms with van der Waals surface area (Å²) >= 11 is 6.99. The van der Waals surface area contributed by atoms with Crippen LogP contribution in [0.4, 0.5) is 0 Å². The number of likely N-dealkylation sites (tertiary alicyclic amines) is 1. The third-order valence-corrected chi connectivity index (χ3v) is 7.00. The summed E-state index contributed by atoms with van der Waals surface area (Å²) < 4.78 is 6.12. The monoisotopic (exact) mass is 382 g/mol. The number of carbonyl (C=O) groups is 1. The summed E-state index contributed by atoms with van der Waals surface area (Å²) in [4.78, 5) is 16.7. The molecular formula is C22H23ClN2O2. The molecule has 0 unspecified atom stereocenters. The number of alkyl halides is 1. The second-order valence-electron chi connectivity index (χ2n) is 7.85. The van der Waals surface area contributed by atoms with E-state index in [2.05, 4.69) is 48.2 Å². The summed E-state index contributed by atoms with van der Waals surface area (Å²) in [7, 11) is 0. The fraction of sp³-hybridized carbons (Fsp3) is 0.409. The Bertz CT molecular complexity index is 846. The molecule has 0 N–H and O–H groups in total. The van der Waals surface area contributed by atoms with Crippen LogP contribution in [0.1, 0.15) is 30.1 Å². The van der Waals surface area contributed by atoms with Gasteiger partial charge in [-0.3, -0.25) is 9.69 Å². The average molecular weight is 383 g/mol. The summed E-state index contributed by atoms with van der Waals surface area (Å²) in [6.07, 6.45) is -0.229. The zero-order chi connectivity index (χ0) is 18.6. The number of fused-ring (bicyclic) bond motifs is 3. The van der Waals surface area contributed by atoms with Crippen molar-refractivity contribution in [1.29, 1.82) is 0 Å². The first kappa shape index (κ1) is 17.2. The molecule has 3 fully saturated rings. The van der Waals surface area contributed by atoms with Crippen LogP contribution in [0.3, 0.4) is 0 Å². The maximum absolute atomic E-state index is 13.4. The predicted octanol–water partition coefficient (Wildman–Crippen LogP) is 3.60. The zero-order valence-electron chi connectivity index (χ0n) is 15.3. The van der Waals surface area contributed by atoms with Crippen molar-refractivity contribution in [2.75, 3.05) is 19.7 Å². The van der Waals surface area contributed by atoms with Gasteiger partial charge in [-0.25, -0.2) is 0 Å². The third kappa shape index (κ3) is 2.54. The molecule has 0 radical (unpaired) electrons. The zero-order valence-corrected chi connectivity index (χ0v) is 16.0. The van der Waals surface area contributed by atoms with Crippen LogP contribution in [0.25, 0.3) is 0 Å². The van der Waals surface area contributed by atoms with E-state index in [9.17, 15) is 4.79 Å². The van der Waals surface area contributed by atoms with Gasteiger partial charge >= 0.3 is 0 Å². The molecule has 27 heavy (non-hydrogen) atoms. The minimum Gasteiger partial charge on any atom is -0.355 e. The van der Waals surface area contributed by atoms with Gasteiger partial charge in [-0.05, 0) is 18.1 Å². The van der Waals surface area contributed by atoms with E-state index >= 15 is 0 Å². The highest BCUT2D eigenvalue weighted by Crippen LogP contribution is 2.52. The Morgan fingerprint density at radius 2 is 1.78 bits per heavy atom. The van der Waals surface area contributed by atoms with Crippen LogP contribution in [0, 0.1) is 5.92 Å². The summed E-state index contributed by atoms with van der Waals surface area (Å²) in [5, 5.41) is 0. The van der Waals surface area contributed by atoms with Gasteiger partial charge in [0.15, 0.2) is 0 Å². The molecule has 3 heterocycles. The van der Waals surface area contributed by atoms with Gasteiger partial charge in [-0.2, -0.15) is 0 Å². The van der Waals surface area contributed by atoms with Gasteiger partial charge in [0.1, 0.15) is 11.1 Å². The summed E-state index contributed by atoms with van der Waals surface area (Å²) in [5.41, 5.74) is 2.36. The number of rotatable bonds is 3. The Hall–Kier alpha value is -1.88. The van der Waals surface area contributed by atoms with E-state index in [1.165, 1.54) is 5.56 Å². The van der Waals surface area contributed by atoms with Crippen LogP contribution >= 0.6 is 11.6 Å². The van der Waals surface area contributed by atoms with E-state index in [1.807, 2.05) is 29.2 Å². The fourth-order valence-corrected chi connectivity index (χ4v) is 5.32. The van der Waals surface area contributed by atoms with Crippen LogP contribution in [0.2, 0.25) is 0 Å². The lowest BCUT2D eigenvalue weighted by atomic mass is 9.97. The summed E-state index contributed by atoms with van der Waals surface area (Å²) in [6, 6.07) is 20.7. The van der Waals surface area contributed by atoms with Crippen molar-refractivity contribution in [3.05, 3.63) is 71.8 Å². The van der Waals surface area contributed by atoms with Crippen molar-refractivity contribution in [2.24, 2.45) is 5.92 Å². The topological polar surface area (TPSA) is 32.8 Å². The molecule has 3 aliphatic rings. The summed E-state index contributed by atoms with van der Waals surface area (Å²) in [5.74, 6) is 0.0137. The number of halogens is 1. The average Bonchev–Trinajstić information content (AvgIpc) is 3.34. The standard InChI is InChI=1S/C22H23ClN2O2/c1-15(16-8-4-2-5-9-16)24-12-18-20-25(21(26)22(18,23)14-24)19(13-27-20)17-10-6-3-7-11-17/h2-11,15,18-20H,12-14H2,1H3/t15-,18-,19+,20+,22+/m0/s1. The Kier molecular flexibility index (Phi) is 4.04. The van der Waals surface area contributed by atoms with Crippen LogP contribution in [-0.4, -0.2) is 46.5 Å². The summed E-state index contributed by atoms with van der Waals surface area (Å²) in [6.45, 7) is 4.05. The first-order valence-electron chi connectivity index (χ1n) is 9.57. The predicted molar refractivity (Wildman–Crippen MR) is 104 cm³/mol. The quantitative estimate of drug-likeness (QED) is 0.760. The van der Waals surface area contributed by atoms with Crippen LogP contribution < -0.4 is 0 Å². The molecule has 5 atom stereocenters. The van der Waals surface area contributed by atoms with Gasteiger partial charge in [0.2, 0.25) is 5.91 Å². The number of ether oxygens (including phenoxy) is 1. The Morgan fingerprint density at radius 1 is 1.11 bits per heavy atom. The molecule has 4 nitrogen and oxygen atoms in total. The molecule has 0 spiro atoms. The second kappa shape index (κ2) is 6.33. The number of nitrogens with zero attached hydrogens (tertiary/aromatic N) is 2. The largest absolute Gasteiger partial charge is 0.355 e. The lowest BCUT2D eigenvalue weighted by Gasteiger charge is -2.29. The van der Waals surface area contributed by atoms with E-state index in [0.717, 1.165) is 12.1 Å². The third-order valence-electron chi connectivity index (χ3n) is 6.44. The number of benzene rings is 2. The Morgan fingerprint density at radius 3 is 2.48 bits per heavy atom. The van der Waals surface area contributed by atoms with E-state index in [0.29, 0.717) is 13.2 Å². The van der Waals surface area contributed by atoms with Crippen molar-refractivity contribution in [1.82, 2.24) is 9.80 Å². The molecule has 2 aromatic carbocycles. The SMILES string of the molecule is C[C@@H](c1ccccc1)N1C[C@H]2[C@H]3OC[C@H](c4ccccc4)N3C(=O)[C@@]2(Cl)C1. The van der Waals surface area contributed by atoms with E-state index < -0.39 is 4.87 Å². The lowest BCUT2D eigenvalue weighted by molar-refractivity contribution is -0.133. The van der Waals surface area contributed by atoms with Gasteiger partial charge in [0, 0.05) is 25.0 Å². The Labute approximate surface area is 164 Å². The smallest absolute Gasteiger partial charge is 0.248 e. The van der Waals surface area contributed by atoms with Crippen LogP contribution in [0.15, 0.2) is 60.7 Å². The first-order valence-corrected chi connectivity index (χ1v) is 9.94. The van der Waals surface area contributed by atoms with Gasteiger partial charge in [-0.1, -0.05) is 60.7 Å². The first-order chi connectivity index (χ1) is 13.1. The van der Waals surface area contributed by atoms with Crippen molar-refractivity contribution in [3.8, 4) is 0 Å². The van der Waals surface area contributed by atoms with Gasteiger partial charge in [0.05, 0.1) is 12.6 Å². The highest BCUT2D eigenvalue weighted by atomic mass is 35.5. The molecule has 1 amide bonds. The number of amides is 1. The normalized spacial score (nSPS) is 33.9. The number of hydrogen-bond acceptors (Lipinski definition) is 3. The molecule has 0 saturated carbocycles. The number of hydrogen-bond donors (Lipinski definition) is 0. The van der Waals surface area contributed by atoms with Crippen LogP contribution in [-0.2, 0) is 9.53 Å². The molecule has 0 aromatic heterocycles. The molecule has 3 aliphatic heterocycles. The fourth-order valence-electron chi connectivity index (χ4n) is 4.90. The molecule has 3 saturated heterocycles. The molecule has 2 aromatic rings. The molecule has 140 valence electrons. The minimum atomic E-state index is -0.888. The maximum Gasteiger partial charge on any atom is 0.248 e. The van der Waals surface area contributed by atoms with Crippen molar-refractivity contribution in [3.63, 3.8) is 0 Å². The molecule has 5 heteroatoms. The van der Waals surface area contributed by atoms with Gasteiger partial charge in [-0.15, -0.1) is 11.6 Å². The Balaban J connectivity index is 1.40. The lowest BCUT2D eigenvalue weighted by Crippen LogP contribution is -2.42. The van der Waals surface area contributed by atoms with Crippen molar-refractivity contribution < 1.29 is 9.53 Å². The molecule has 5 rings (SSSR count). The van der Waals surface area contributed by atoms with Gasteiger partial charge < -0.3 is 9.64 Å². The molecule has 0 bridgehead atoms. The number of carbonyl (C=O) groups excluding carboxylic acids is 1. The molecular weight excluding hydrogens is 360 g/mol. The minimum absolute atomic E-state index is 0.00783. The van der Waals surface area contributed by atoms with Gasteiger partial charge in [0.25, 0.3) is 0 Å². The van der Waals surface area contributed by atoms with E-state index in [-0.39, 0.29) is 30.1 Å². The maximum atomic E-state index is 13.4. The van der Waals surface area contributed by atoms with E-state index in [1.54, 1.807) is 0 Å². The van der Waals surface area contributed by atoms with Crippen molar-refractivity contribution in [2.45, 2.75) is 30.1 Å². The van der Waals surface area contributed by atoms with E-state index in [4.69, 9.17) is 16.3 Å². The second-order valence-corrected chi connectivity index (χ2v) is 8.52. The highest BCUT2D eigenvalue weighted by Gasteiger charge is 2.66. The van der Waals surface area contributed by atoms with Crippen molar-refractivity contribution >= 4 is 17.5 Å². The van der Waals surface area contributed by atoms with Crippen LogP contribution in [0.5, 0.6) is 0 Å².